The molecule has 0 bridgehead atoms. The summed E-state index contributed by atoms with van der Waals surface area (Å²) in [6, 6.07) is 13.7. The molecule has 5 heteroatoms. The average Bonchev–Trinajstić information content (AvgIpc) is 2.61. The summed E-state index contributed by atoms with van der Waals surface area (Å²) in [7, 11) is 0. The number of anilines is 1. The minimum Gasteiger partial charge on any atom is -0.368 e. The van der Waals surface area contributed by atoms with E-state index in [1.54, 1.807) is 16.8 Å². The molecule has 0 spiro atoms. The molecule has 2 heterocycles. The van der Waals surface area contributed by atoms with E-state index in [1.165, 1.54) is 17.3 Å². The van der Waals surface area contributed by atoms with E-state index < -0.39 is 0 Å². The van der Waals surface area contributed by atoms with Crippen LogP contribution in [-0.4, -0.2) is 41.1 Å². The fourth-order valence-electron chi connectivity index (χ4n) is 3.32. The first kappa shape index (κ1) is 17.3. The minimum absolute atomic E-state index is 0.0625. The highest BCUT2D eigenvalue weighted by atomic mass is 16.2. The van der Waals surface area contributed by atoms with Crippen LogP contribution < -0.4 is 10.5 Å². The van der Waals surface area contributed by atoms with Gasteiger partial charge >= 0.3 is 0 Å². The van der Waals surface area contributed by atoms with E-state index in [0.29, 0.717) is 13.0 Å². The maximum atomic E-state index is 12.6. The zero-order chi connectivity index (χ0) is 17.8. The second-order valence-corrected chi connectivity index (χ2v) is 6.70. The SMILES string of the molecule is Cc1ccc(N2CCN(C(=O)CCn3ccccc3=O)[C@H](C)C2)cc1. The van der Waals surface area contributed by atoms with Crippen LogP contribution in [0.25, 0.3) is 0 Å². The van der Waals surface area contributed by atoms with Crippen molar-refractivity contribution in [1.29, 1.82) is 0 Å². The van der Waals surface area contributed by atoms with Gasteiger partial charge < -0.3 is 14.4 Å². The van der Waals surface area contributed by atoms with Gasteiger partial charge in [0.15, 0.2) is 0 Å². The summed E-state index contributed by atoms with van der Waals surface area (Å²) >= 11 is 0. The van der Waals surface area contributed by atoms with Crippen LogP contribution in [0.1, 0.15) is 18.9 Å². The van der Waals surface area contributed by atoms with Crippen LogP contribution in [0.4, 0.5) is 5.69 Å². The number of carbonyl (C=O) groups is 1. The molecule has 3 rings (SSSR count). The molecule has 5 nitrogen and oxygen atoms in total. The molecule has 0 aliphatic carbocycles. The van der Waals surface area contributed by atoms with Crippen molar-refractivity contribution < 1.29 is 4.79 Å². The number of aromatic nitrogens is 1. The molecule has 0 unspecified atom stereocenters. The highest BCUT2D eigenvalue weighted by Crippen LogP contribution is 2.20. The summed E-state index contributed by atoms with van der Waals surface area (Å²) in [6.45, 7) is 7.00. The minimum atomic E-state index is -0.0625. The summed E-state index contributed by atoms with van der Waals surface area (Å²) in [5.74, 6) is 0.117. The second-order valence-electron chi connectivity index (χ2n) is 6.70. The number of nitrogens with zero attached hydrogens (tertiary/aromatic N) is 3. The lowest BCUT2D eigenvalue weighted by Crippen LogP contribution is -2.54. The van der Waals surface area contributed by atoms with Gasteiger partial charge in [0.1, 0.15) is 0 Å². The largest absolute Gasteiger partial charge is 0.368 e. The number of amides is 1. The maximum absolute atomic E-state index is 12.6. The second kappa shape index (κ2) is 7.55. The van der Waals surface area contributed by atoms with Crippen molar-refractivity contribution in [2.24, 2.45) is 0 Å². The number of aryl methyl sites for hydroxylation is 2. The van der Waals surface area contributed by atoms with Gasteiger partial charge in [-0.25, -0.2) is 0 Å². The molecule has 1 aromatic carbocycles. The van der Waals surface area contributed by atoms with E-state index in [0.717, 1.165) is 19.6 Å². The highest BCUT2D eigenvalue weighted by molar-refractivity contribution is 5.77. The summed E-state index contributed by atoms with van der Waals surface area (Å²) in [5, 5.41) is 0. The van der Waals surface area contributed by atoms with Crippen molar-refractivity contribution >= 4 is 11.6 Å². The molecule has 25 heavy (non-hydrogen) atoms. The lowest BCUT2D eigenvalue weighted by atomic mass is 10.1. The van der Waals surface area contributed by atoms with Gasteiger partial charge in [0.05, 0.1) is 0 Å². The fourth-order valence-corrected chi connectivity index (χ4v) is 3.32. The van der Waals surface area contributed by atoms with Crippen molar-refractivity contribution in [2.45, 2.75) is 32.9 Å². The molecule has 1 aromatic heterocycles. The molecular weight excluding hydrogens is 314 g/mol. The molecule has 1 atom stereocenters. The molecule has 1 fully saturated rings. The van der Waals surface area contributed by atoms with Gasteiger partial charge in [-0.05, 0) is 32.0 Å². The molecule has 1 aliphatic rings. The summed E-state index contributed by atoms with van der Waals surface area (Å²) < 4.78 is 1.59. The number of piperazine rings is 1. The van der Waals surface area contributed by atoms with E-state index in [4.69, 9.17) is 0 Å². The Balaban J connectivity index is 1.57. The normalized spacial score (nSPS) is 17.6. The number of pyridine rings is 1. The molecule has 0 saturated carbocycles. The van der Waals surface area contributed by atoms with Crippen LogP contribution in [0.2, 0.25) is 0 Å². The smallest absolute Gasteiger partial charge is 0.250 e. The van der Waals surface area contributed by atoms with Crippen LogP contribution in [0.15, 0.2) is 53.5 Å². The van der Waals surface area contributed by atoms with Crippen LogP contribution in [-0.2, 0) is 11.3 Å². The number of hydrogen-bond donors (Lipinski definition) is 0. The quantitative estimate of drug-likeness (QED) is 0.858. The van der Waals surface area contributed by atoms with E-state index in [1.807, 2.05) is 11.0 Å². The Hall–Kier alpha value is -2.56. The number of carbonyl (C=O) groups excluding carboxylic acids is 1. The van der Waals surface area contributed by atoms with Crippen LogP contribution in [0.5, 0.6) is 0 Å². The Bertz CT molecular complexity index is 782. The highest BCUT2D eigenvalue weighted by Gasteiger charge is 2.27. The third kappa shape index (κ3) is 4.10. The van der Waals surface area contributed by atoms with Crippen molar-refractivity contribution in [1.82, 2.24) is 9.47 Å². The van der Waals surface area contributed by atoms with Gasteiger partial charge in [-0.3, -0.25) is 9.59 Å². The van der Waals surface area contributed by atoms with E-state index in [9.17, 15) is 9.59 Å². The number of rotatable bonds is 4. The fraction of sp³-hybridized carbons (Fsp3) is 0.400. The van der Waals surface area contributed by atoms with Crippen molar-refractivity contribution in [3.63, 3.8) is 0 Å². The molecular formula is C20H25N3O2. The van der Waals surface area contributed by atoms with Crippen molar-refractivity contribution in [2.75, 3.05) is 24.5 Å². The van der Waals surface area contributed by atoms with Crippen LogP contribution >= 0.6 is 0 Å². The zero-order valence-corrected chi connectivity index (χ0v) is 14.9. The maximum Gasteiger partial charge on any atom is 0.250 e. The average molecular weight is 339 g/mol. The standard InChI is InChI=1S/C20H25N3O2/c1-16-6-8-18(9-7-16)22-13-14-23(17(2)15-22)20(25)10-12-21-11-4-3-5-19(21)24/h3-9,11,17H,10,12-15H2,1-2H3/t17-/m1/s1. The first-order chi connectivity index (χ1) is 12.0. The third-order valence-corrected chi connectivity index (χ3v) is 4.81. The molecule has 1 amide bonds. The van der Waals surface area contributed by atoms with Gasteiger partial charge in [0.2, 0.25) is 5.91 Å². The monoisotopic (exact) mass is 339 g/mol. The molecule has 1 saturated heterocycles. The van der Waals surface area contributed by atoms with Crippen LogP contribution in [0.3, 0.4) is 0 Å². The number of hydrogen-bond acceptors (Lipinski definition) is 3. The lowest BCUT2D eigenvalue weighted by molar-refractivity contribution is -0.133. The lowest BCUT2D eigenvalue weighted by Gasteiger charge is -2.41. The first-order valence-electron chi connectivity index (χ1n) is 8.81. The van der Waals surface area contributed by atoms with Gasteiger partial charge in [0.25, 0.3) is 5.56 Å². The predicted octanol–water partition coefficient (Wildman–Crippen LogP) is 2.28. The Morgan fingerprint density at radius 1 is 1.12 bits per heavy atom. The van der Waals surface area contributed by atoms with E-state index >= 15 is 0 Å². The van der Waals surface area contributed by atoms with Crippen molar-refractivity contribution in [3.8, 4) is 0 Å². The Labute approximate surface area is 148 Å². The molecule has 0 N–H and O–H groups in total. The van der Waals surface area contributed by atoms with Crippen LogP contribution in [0, 0.1) is 6.92 Å². The van der Waals surface area contributed by atoms with Gasteiger partial charge in [0, 0.05) is 56.6 Å². The summed E-state index contributed by atoms with van der Waals surface area (Å²) in [4.78, 5) is 28.6. The topological polar surface area (TPSA) is 45.5 Å². The summed E-state index contributed by atoms with van der Waals surface area (Å²) in [5.41, 5.74) is 2.40. The third-order valence-electron chi connectivity index (χ3n) is 4.81. The first-order valence-corrected chi connectivity index (χ1v) is 8.81. The van der Waals surface area contributed by atoms with Gasteiger partial charge in [-0.15, -0.1) is 0 Å². The molecule has 0 radical (unpaired) electrons. The predicted molar refractivity (Wildman–Crippen MR) is 99.9 cm³/mol. The number of benzene rings is 1. The Morgan fingerprint density at radius 2 is 1.88 bits per heavy atom. The summed E-state index contributed by atoms with van der Waals surface area (Å²) in [6.07, 6.45) is 2.09. The molecule has 132 valence electrons. The van der Waals surface area contributed by atoms with Gasteiger partial charge in [-0.2, -0.15) is 0 Å². The zero-order valence-electron chi connectivity index (χ0n) is 14.9. The van der Waals surface area contributed by atoms with E-state index in [-0.39, 0.29) is 17.5 Å². The molecule has 1 aliphatic heterocycles. The van der Waals surface area contributed by atoms with E-state index in [2.05, 4.69) is 43.0 Å². The Morgan fingerprint density at radius 3 is 2.56 bits per heavy atom. The Kier molecular flexibility index (Phi) is 5.22. The molecule has 2 aromatic rings. The van der Waals surface area contributed by atoms with Gasteiger partial charge in [-0.1, -0.05) is 23.8 Å². The van der Waals surface area contributed by atoms with Crippen molar-refractivity contribution in [3.05, 3.63) is 64.6 Å².